The monoisotopic (exact) mass is 566 g/mol. The Bertz CT molecular complexity index is 1370. The van der Waals surface area contributed by atoms with Gasteiger partial charge in [0.05, 0.1) is 22.2 Å². The van der Waals surface area contributed by atoms with Crippen molar-refractivity contribution in [1.29, 1.82) is 0 Å². The Morgan fingerprint density at radius 2 is 0.881 bits per heavy atom. The zero-order chi connectivity index (χ0) is 29.9. The summed E-state index contributed by atoms with van der Waals surface area (Å²) in [5, 5.41) is 1.61. The molecule has 0 spiro atoms. The van der Waals surface area contributed by atoms with Crippen LogP contribution in [0.5, 0.6) is 0 Å². The molecule has 4 rings (SSSR count). The number of fused-ring (bicyclic) bond motifs is 2. The summed E-state index contributed by atoms with van der Waals surface area (Å²) >= 11 is 0. The fourth-order valence-corrected chi connectivity index (χ4v) is 5.49. The minimum Gasteiger partial charge on any atom is -0.339 e. The third-order valence-electron chi connectivity index (χ3n) is 7.97. The molecule has 0 aliphatic rings. The lowest BCUT2D eigenvalue weighted by atomic mass is 9.92. The van der Waals surface area contributed by atoms with Crippen molar-refractivity contribution in [1.82, 2.24) is 19.8 Å². The second-order valence-corrected chi connectivity index (χ2v) is 11.1. The Balaban J connectivity index is 1.97. The number of para-hydroxylation sites is 2. The van der Waals surface area contributed by atoms with E-state index in [4.69, 9.17) is 9.97 Å². The molecule has 4 aromatic rings. The van der Waals surface area contributed by atoms with E-state index in [0.717, 1.165) is 73.2 Å². The standard InChI is InChI=1S/C36H46N4O2/c1-5-9-21-39(22-10-6-2)35(41)33-27-17-13-15-19-31(27)37-25-29(33)30-26-38-32-20-16-14-18-28(32)34(30)36(42)40(23-11-7-3)24-12-8-4/h13-20,25-26H,5-12,21-24H2,1-4H3. The Morgan fingerprint density at radius 3 is 1.21 bits per heavy atom. The zero-order valence-electron chi connectivity index (χ0n) is 25.9. The van der Waals surface area contributed by atoms with Gasteiger partial charge in [0.25, 0.3) is 11.8 Å². The molecule has 0 saturated heterocycles. The molecule has 0 unspecified atom stereocenters. The fraction of sp³-hybridized carbons (Fsp3) is 0.444. The Labute approximate surface area is 251 Å². The minimum atomic E-state index is -0.00844. The average Bonchev–Trinajstić information content (AvgIpc) is 3.03. The van der Waals surface area contributed by atoms with Gasteiger partial charge >= 0.3 is 0 Å². The zero-order valence-corrected chi connectivity index (χ0v) is 25.9. The van der Waals surface area contributed by atoms with Crippen molar-refractivity contribution >= 4 is 33.6 Å². The molecule has 0 N–H and O–H groups in total. The van der Waals surface area contributed by atoms with Crippen LogP contribution in [0.25, 0.3) is 32.9 Å². The molecule has 0 aliphatic carbocycles. The number of rotatable bonds is 15. The third kappa shape index (κ3) is 6.97. The van der Waals surface area contributed by atoms with E-state index in [9.17, 15) is 9.59 Å². The molecule has 6 heteroatoms. The first-order chi connectivity index (χ1) is 20.5. The summed E-state index contributed by atoms with van der Waals surface area (Å²) in [7, 11) is 0. The largest absolute Gasteiger partial charge is 0.339 e. The van der Waals surface area contributed by atoms with Gasteiger partial charge < -0.3 is 9.80 Å². The molecule has 42 heavy (non-hydrogen) atoms. The molecule has 0 saturated carbocycles. The predicted molar refractivity (Wildman–Crippen MR) is 174 cm³/mol. The lowest BCUT2D eigenvalue weighted by Gasteiger charge is -2.27. The van der Waals surface area contributed by atoms with E-state index in [2.05, 4.69) is 27.7 Å². The van der Waals surface area contributed by atoms with Crippen LogP contribution in [0.2, 0.25) is 0 Å². The van der Waals surface area contributed by atoms with Gasteiger partial charge in [-0.05, 0) is 37.8 Å². The van der Waals surface area contributed by atoms with Crippen LogP contribution < -0.4 is 0 Å². The van der Waals surface area contributed by atoms with Crippen LogP contribution in [0.15, 0.2) is 60.9 Å². The lowest BCUT2D eigenvalue weighted by molar-refractivity contribution is 0.0744. The summed E-state index contributed by atoms with van der Waals surface area (Å²) in [6, 6.07) is 15.6. The third-order valence-corrected chi connectivity index (χ3v) is 7.97. The van der Waals surface area contributed by atoms with Gasteiger partial charge in [-0.2, -0.15) is 0 Å². The number of pyridine rings is 2. The molecule has 2 amide bonds. The number of amides is 2. The molecular weight excluding hydrogens is 520 g/mol. The Morgan fingerprint density at radius 1 is 0.548 bits per heavy atom. The number of carbonyl (C=O) groups is 2. The van der Waals surface area contributed by atoms with E-state index < -0.39 is 0 Å². The van der Waals surface area contributed by atoms with E-state index in [1.165, 1.54) is 0 Å². The summed E-state index contributed by atoms with van der Waals surface area (Å²) in [6.45, 7) is 11.4. The SMILES string of the molecule is CCCCN(CCCC)C(=O)c1c(-c2cnc3ccccc3c2C(=O)N(CCCC)CCCC)cnc2ccccc12. The molecule has 2 aromatic carbocycles. The molecule has 2 aromatic heterocycles. The van der Waals surface area contributed by atoms with Gasteiger partial charge in [0, 0.05) is 60.5 Å². The summed E-state index contributed by atoms with van der Waals surface area (Å²) < 4.78 is 0. The van der Waals surface area contributed by atoms with Crippen LogP contribution in [0, 0.1) is 0 Å². The smallest absolute Gasteiger partial charge is 0.255 e. The highest BCUT2D eigenvalue weighted by atomic mass is 16.2. The molecule has 6 nitrogen and oxygen atoms in total. The van der Waals surface area contributed by atoms with Crippen LogP contribution in [-0.2, 0) is 0 Å². The van der Waals surface area contributed by atoms with Crippen molar-refractivity contribution in [3.05, 3.63) is 72.1 Å². The van der Waals surface area contributed by atoms with Crippen LogP contribution >= 0.6 is 0 Å². The first-order valence-corrected chi connectivity index (χ1v) is 15.9. The van der Waals surface area contributed by atoms with Crippen LogP contribution in [-0.4, -0.2) is 57.8 Å². The maximum absolute atomic E-state index is 14.5. The van der Waals surface area contributed by atoms with Crippen molar-refractivity contribution in [3.63, 3.8) is 0 Å². The maximum Gasteiger partial charge on any atom is 0.255 e. The van der Waals surface area contributed by atoms with E-state index in [-0.39, 0.29) is 11.8 Å². The number of unbranched alkanes of at least 4 members (excludes halogenated alkanes) is 4. The summed E-state index contributed by atoms with van der Waals surface area (Å²) in [6.07, 6.45) is 11.4. The van der Waals surface area contributed by atoms with Gasteiger partial charge in [0.2, 0.25) is 0 Å². The highest BCUT2D eigenvalue weighted by Crippen LogP contribution is 2.35. The van der Waals surface area contributed by atoms with Crippen LogP contribution in [0.1, 0.15) is 99.8 Å². The Hall–Kier alpha value is -3.80. The summed E-state index contributed by atoms with van der Waals surface area (Å²) in [5.74, 6) is -0.0169. The van der Waals surface area contributed by atoms with E-state index in [0.29, 0.717) is 48.4 Å². The van der Waals surface area contributed by atoms with Crippen LogP contribution in [0.4, 0.5) is 0 Å². The molecule has 0 bridgehead atoms. The fourth-order valence-electron chi connectivity index (χ4n) is 5.49. The molecule has 2 heterocycles. The second-order valence-electron chi connectivity index (χ2n) is 11.1. The topological polar surface area (TPSA) is 66.4 Å². The minimum absolute atomic E-state index is 0.00844. The van der Waals surface area contributed by atoms with Crippen LogP contribution in [0.3, 0.4) is 0 Å². The number of benzene rings is 2. The van der Waals surface area contributed by atoms with Gasteiger partial charge in [0.15, 0.2) is 0 Å². The molecular formula is C36H46N4O2. The number of carbonyl (C=O) groups excluding carboxylic acids is 2. The second kappa shape index (κ2) is 15.4. The molecule has 222 valence electrons. The van der Waals surface area contributed by atoms with E-state index in [1.807, 2.05) is 58.3 Å². The predicted octanol–water partition coefficient (Wildman–Crippen LogP) is 8.53. The van der Waals surface area contributed by atoms with Gasteiger partial charge in [-0.1, -0.05) is 89.8 Å². The summed E-state index contributed by atoms with van der Waals surface area (Å²) in [4.78, 5) is 42.6. The number of hydrogen-bond acceptors (Lipinski definition) is 4. The van der Waals surface area contributed by atoms with Gasteiger partial charge in [-0.25, -0.2) is 0 Å². The highest BCUT2D eigenvalue weighted by Gasteiger charge is 2.28. The van der Waals surface area contributed by atoms with Crippen molar-refractivity contribution in [2.24, 2.45) is 0 Å². The molecule has 0 aliphatic heterocycles. The van der Waals surface area contributed by atoms with Crippen molar-refractivity contribution in [3.8, 4) is 11.1 Å². The molecule has 0 radical (unpaired) electrons. The quantitative estimate of drug-likeness (QED) is 0.145. The lowest BCUT2D eigenvalue weighted by Crippen LogP contribution is -2.34. The maximum atomic E-state index is 14.5. The normalized spacial score (nSPS) is 11.2. The first kappa shape index (κ1) is 31.1. The number of hydrogen-bond donors (Lipinski definition) is 0. The van der Waals surface area contributed by atoms with Crippen molar-refractivity contribution in [2.75, 3.05) is 26.2 Å². The Kier molecular flexibility index (Phi) is 11.4. The average molecular weight is 567 g/mol. The van der Waals surface area contributed by atoms with E-state index in [1.54, 1.807) is 12.4 Å². The highest BCUT2D eigenvalue weighted by molar-refractivity contribution is 6.16. The van der Waals surface area contributed by atoms with Crippen molar-refractivity contribution in [2.45, 2.75) is 79.1 Å². The van der Waals surface area contributed by atoms with Gasteiger partial charge in [-0.15, -0.1) is 0 Å². The molecule has 0 atom stereocenters. The van der Waals surface area contributed by atoms with Gasteiger partial charge in [0.1, 0.15) is 0 Å². The molecule has 0 fully saturated rings. The number of aromatic nitrogens is 2. The first-order valence-electron chi connectivity index (χ1n) is 15.9. The van der Waals surface area contributed by atoms with Crippen molar-refractivity contribution < 1.29 is 9.59 Å². The van der Waals surface area contributed by atoms with E-state index >= 15 is 0 Å². The summed E-state index contributed by atoms with van der Waals surface area (Å²) in [5.41, 5.74) is 4.09. The van der Waals surface area contributed by atoms with Gasteiger partial charge in [-0.3, -0.25) is 19.6 Å². The number of nitrogens with zero attached hydrogens (tertiary/aromatic N) is 4.